The second-order valence-corrected chi connectivity index (χ2v) is 5.66. The number of nitrogens with zero attached hydrogens (tertiary/aromatic N) is 1. The van der Waals surface area contributed by atoms with Crippen LogP contribution in [0.2, 0.25) is 0 Å². The number of anilines is 1. The van der Waals surface area contributed by atoms with Crippen LogP contribution in [0.5, 0.6) is 0 Å². The molecule has 0 bridgehead atoms. The molecule has 0 radical (unpaired) electrons. The van der Waals surface area contributed by atoms with Gasteiger partial charge < -0.3 is 16.0 Å². The maximum atomic E-state index is 12.2. The van der Waals surface area contributed by atoms with Gasteiger partial charge in [-0.15, -0.1) is 11.3 Å². The number of carbonyl (C=O) groups is 1. The van der Waals surface area contributed by atoms with Crippen molar-refractivity contribution in [2.24, 2.45) is 0 Å². The number of nitrogens with one attached hydrogen (secondary N) is 2. The lowest BCUT2D eigenvalue weighted by molar-refractivity contribution is 0.0942. The smallest absolute Gasteiger partial charge is 0.261 e. The fourth-order valence-corrected chi connectivity index (χ4v) is 2.97. The highest BCUT2D eigenvalue weighted by molar-refractivity contribution is 7.20. The molecule has 0 aliphatic carbocycles. The predicted octanol–water partition coefficient (Wildman–Crippen LogP) is 2.70. The van der Waals surface area contributed by atoms with Crippen LogP contribution in [0.25, 0.3) is 10.1 Å². The first kappa shape index (κ1) is 12.7. The third-order valence-corrected chi connectivity index (χ3v) is 4.16. The summed E-state index contributed by atoms with van der Waals surface area (Å²) < 4.78 is 1.05. The number of carbonyl (C=O) groups excluding carboxylic acids is 1. The Morgan fingerprint density at radius 2 is 2.30 bits per heavy atom. The van der Waals surface area contributed by atoms with Crippen molar-refractivity contribution in [3.8, 4) is 0 Å². The van der Waals surface area contributed by atoms with Gasteiger partial charge in [0.05, 0.1) is 10.9 Å². The number of rotatable bonds is 3. The van der Waals surface area contributed by atoms with E-state index in [9.17, 15) is 4.79 Å². The van der Waals surface area contributed by atoms with Crippen molar-refractivity contribution in [3.63, 3.8) is 0 Å². The lowest BCUT2D eigenvalue weighted by atomic mass is 10.2. The van der Waals surface area contributed by atoms with Gasteiger partial charge in [0.15, 0.2) is 0 Å². The van der Waals surface area contributed by atoms with E-state index in [2.05, 4.69) is 15.3 Å². The summed E-state index contributed by atoms with van der Waals surface area (Å²) in [5, 5.41) is 3.91. The molecule has 0 aliphatic rings. The van der Waals surface area contributed by atoms with E-state index in [0.717, 1.165) is 15.9 Å². The van der Waals surface area contributed by atoms with E-state index in [4.69, 9.17) is 5.73 Å². The van der Waals surface area contributed by atoms with Crippen LogP contribution in [0.1, 0.15) is 28.5 Å². The summed E-state index contributed by atoms with van der Waals surface area (Å²) in [7, 11) is 0. The minimum Gasteiger partial charge on any atom is -0.399 e. The van der Waals surface area contributed by atoms with Crippen LogP contribution < -0.4 is 11.1 Å². The van der Waals surface area contributed by atoms with Gasteiger partial charge in [0.1, 0.15) is 5.82 Å². The van der Waals surface area contributed by atoms with E-state index in [0.29, 0.717) is 10.6 Å². The van der Waals surface area contributed by atoms with Crippen LogP contribution in [-0.2, 0) is 0 Å². The number of nitrogen functional groups attached to an aromatic ring is 1. The van der Waals surface area contributed by atoms with Crippen molar-refractivity contribution < 1.29 is 4.79 Å². The Labute approximate surface area is 119 Å². The normalized spacial score (nSPS) is 12.4. The van der Waals surface area contributed by atoms with Crippen LogP contribution in [0, 0.1) is 0 Å². The Morgan fingerprint density at radius 1 is 1.45 bits per heavy atom. The van der Waals surface area contributed by atoms with Gasteiger partial charge in [0.2, 0.25) is 0 Å². The number of aromatic amines is 1. The standard InChI is InChI=1S/C14H14N4OS/c1-8(13-16-4-5-17-13)18-14(19)12-7-9-6-10(15)2-3-11(9)20-12/h2-8H,15H2,1H3,(H,16,17)(H,18,19). The van der Waals surface area contributed by atoms with Crippen molar-refractivity contribution in [1.29, 1.82) is 0 Å². The Kier molecular flexibility index (Phi) is 3.15. The zero-order chi connectivity index (χ0) is 14.1. The van der Waals surface area contributed by atoms with Crippen LogP contribution in [0.4, 0.5) is 5.69 Å². The molecule has 2 aromatic heterocycles. The van der Waals surface area contributed by atoms with Gasteiger partial charge in [0.25, 0.3) is 5.91 Å². The number of nitrogens with two attached hydrogens (primary N) is 1. The summed E-state index contributed by atoms with van der Waals surface area (Å²) in [5.74, 6) is 0.636. The highest BCUT2D eigenvalue weighted by Gasteiger charge is 2.15. The number of H-pyrrole nitrogens is 1. The molecule has 4 N–H and O–H groups in total. The number of imidazole rings is 1. The van der Waals surface area contributed by atoms with Crippen LogP contribution in [0.15, 0.2) is 36.7 Å². The van der Waals surface area contributed by atoms with Gasteiger partial charge in [-0.2, -0.15) is 0 Å². The van der Waals surface area contributed by atoms with Gasteiger partial charge in [-0.3, -0.25) is 4.79 Å². The highest BCUT2D eigenvalue weighted by Crippen LogP contribution is 2.27. The SMILES string of the molecule is CC(NC(=O)c1cc2cc(N)ccc2s1)c1ncc[nH]1. The Balaban J connectivity index is 1.82. The fraction of sp³-hybridized carbons (Fsp3) is 0.143. The number of thiophene rings is 1. The fourth-order valence-electron chi connectivity index (χ4n) is 2.02. The molecule has 2 heterocycles. The Hall–Kier alpha value is -2.34. The predicted molar refractivity (Wildman–Crippen MR) is 80.7 cm³/mol. The number of amides is 1. The summed E-state index contributed by atoms with van der Waals surface area (Å²) in [6.45, 7) is 1.89. The molecular weight excluding hydrogens is 272 g/mol. The summed E-state index contributed by atoms with van der Waals surface area (Å²) in [6, 6.07) is 7.35. The molecule has 3 rings (SSSR count). The van der Waals surface area contributed by atoms with Crippen molar-refractivity contribution in [2.75, 3.05) is 5.73 Å². The summed E-state index contributed by atoms with van der Waals surface area (Å²) in [4.78, 5) is 20.0. The molecule has 1 atom stereocenters. The van der Waals surface area contributed by atoms with Crippen molar-refractivity contribution >= 4 is 33.0 Å². The van der Waals surface area contributed by atoms with Crippen LogP contribution >= 0.6 is 11.3 Å². The molecule has 5 nitrogen and oxygen atoms in total. The molecule has 1 aromatic carbocycles. The lowest BCUT2D eigenvalue weighted by Gasteiger charge is -2.10. The first-order valence-corrected chi connectivity index (χ1v) is 7.04. The minimum atomic E-state index is -0.159. The molecular formula is C14H14N4OS. The summed E-state index contributed by atoms with van der Waals surface area (Å²) >= 11 is 1.46. The van der Waals surface area contributed by atoms with Gasteiger partial charge in [-0.25, -0.2) is 4.98 Å². The zero-order valence-electron chi connectivity index (χ0n) is 10.9. The number of benzene rings is 1. The van der Waals surface area contributed by atoms with Gasteiger partial charge in [0, 0.05) is 22.8 Å². The maximum Gasteiger partial charge on any atom is 0.261 e. The highest BCUT2D eigenvalue weighted by atomic mass is 32.1. The number of hydrogen-bond acceptors (Lipinski definition) is 4. The van der Waals surface area contributed by atoms with Crippen molar-refractivity contribution in [3.05, 3.63) is 47.4 Å². The van der Waals surface area contributed by atoms with E-state index in [1.807, 2.05) is 31.2 Å². The van der Waals surface area contributed by atoms with E-state index >= 15 is 0 Å². The maximum absolute atomic E-state index is 12.2. The average Bonchev–Trinajstić information content (AvgIpc) is 3.07. The largest absolute Gasteiger partial charge is 0.399 e. The van der Waals surface area contributed by atoms with E-state index in [-0.39, 0.29) is 11.9 Å². The molecule has 1 unspecified atom stereocenters. The van der Waals surface area contributed by atoms with Gasteiger partial charge in [-0.05, 0) is 36.6 Å². The van der Waals surface area contributed by atoms with Crippen LogP contribution in [-0.4, -0.2) is 15.9 Å². The van der Waals surface area contributed by atoms with Gasteiger partial charge >= 0.3 is 0 Å². The second-order valence-electron chi connectivity index (χ2n) is 4.58. The first-order chi connectivity index (χ1) is 9.63. The monoisotopic (exact) mass is 286 g/mol. The third-order valence-electron chi connectivity index (χ3n) is 3.04. The molecule has 0 aliphatic heterocycles. The second kappa shape index (κ2) is 4.97. The Morgan fingerprint density at radius 3 is 3.05 bits per heavy atom. The lowest BCUT2D eigenvalue weighted by Crippen LogP contribution is -2.26. The molecule has 3 aromatic rings. The number of hydrogen-bond donors (Lipinski definition) is 3. The number of aromatic nitrogens is 2. The molecule has 0 spiro atoms. The first-order valence-electron chi connectivity index (χ1n) is 6.22. The zero-order valence-corrected chi connectivity index (χ0v) is 11.7. The molecule has 0 fully saturated rings. The van der Waals surface area contributed by atoms with E-state index < -0.39 is 0 Å². The van der Waals surface area contributed by atoms with Crippen molar-refractivity contribution in [2.45, 2.75) is 13.0 Å². The Bertz CT molecular complexity index is 748. The summed E-state index contributed by atoms with van der Waals surface area (Å²) in [6.07, 6.45) is 3.40. The topological polar surface area (TPSA) is 83.8 Å². The molecule has 0 saturated carbocycles. The summed E-state index contributed by atoms with van der Waals surface area (Å²) in [5.41, 5.74) is 6.45. The van der Waals surface area contributed by atoms with Crippen molar-refractivity contribution in [1.82, 2.24) is 15.3 Å². The molecule has 6 heteroatoms. The average molecular weight is 286 g/mol. The molecule has 1 amide bonds. The van der Waals surface area contributed by atoms with Crippen LogP contribution in [0.3, 0.4) is 0 Å². The van der Waals surface area contributed by atoms with E-state index in [1.54, 1.807) is 12.4 Å². The molecule has 102 valence electrons. The molecule has 0 saturated heterocycles. The minimum absolute atomic E-state index is 0.103. The third kappa shape index (κ3) is 2.37. The number of fused-ring (bicyclic) bond motifs is 1. The van der Waals surface area contributed by atoms with Gasteiger partial charge in [-0.1, -0.05) is 0 Å². The van der Waals surface area contributed by atoms with E-state index in [1.165, 1.54) is 11.3 Å². The molecule has 20 heavy (non-hydrogen) atoms. The quantitative estimate of drug-likeness (QED) is 0.647.